The van der Waals surface area contributed by atoms with E-state index in [1.54, 1.807) is 0 Å². The van der Waals surface area contributed by atoms with Crippen LogP contribution < -0.4 is 5.32 Å². The number of carbonyl (C=O) groups is 3. The van der Waals surface area contributed by atoms with Gasteiger partial charge >= 0.3 is 0 Å². The van der Waals surface area contributed by atoms with Crippen molar-refractivity contribution in [2.45, 2.75) is 0 Å². The van der Waals surface area contributed by atoms with Gasteiger partial charge in [0, 0.05) is 36.0 Å². The Morgan fingerprint density at radius 1 is 1.00 bits per heavy atom. The first-order valence-electron chi connectivity index (χ1n) is 8.84. The first kappa shape index (κ1) is 18.1. The molecule has 8 heteroatoms. The molecule has 1 aliphatic heterocycles. The summed E-state index contributed by atoms with van der Waals surface area (Å²) in [6.07, 6.45) is 0. The van der Waals surface area contributed by atoms with Crippen LogP contribution in [-0.4, -0.2) is 65.4 Å². The van der Waals surface area contributed by atoms with Crippen molar-refractivity contribution in [1.82, 2.24) is 4.90 Å². The molecular formula is C20H18N2O6. The second kappa shape index (κ2) is 7.06. The number of amides is 1. The zero-order valence-electron chi connectivity index (χ0n) is 14.9. The van der Waals surface area contributed by atoms with E-state index in [0.29, 0.717) is 26.3 Å². The molecule has 1 aliphatic carbocycles. The summed E-state index contributed by atoms with van der Waals surface area (Å²) < 4.78 is 5.24. The number of carbonyl (C=O) groups excluding carboxylic acids is 3. The molecule has 2 aliphatic rings. The molecule has 0 radical (unpaired) electrons. The van der Waals surface area contributed by atoms with Crippen molar-refractivity contribution in [2.75, 3.05) is 38.2 Å². The standard InChI is InChI=1S/C20H18N2O6/c23-14-3-1-2-12-17(14)20(27)18-13(19(12)26)8-11(9-15(18)24)21-16(25)10-22-4-6-28-7-5-22/h1-3,8-9,23-24H,4-7,10H2,(H,21,25). The van der Waals surface area contributed by atoms with Crippen molar-refractivity contribution in [3.63, 3.8) is 0 Å². The van der Waals surface area contributed by atoms with Crippen LogP contribution in [0.3, 0.4) is 0 Å². The Morgan fingerprint density at radius 3 is 2.46 bits per heavy atom. The Labute approximate surface area is 160 Å². The van der Waals surface area contributed by atoms with E-state index in [1.165, 1.54) is 30.3 Å². The highest BCUT2D eigenvalue weighted by molar-refractivity contribution is 6.30. The van der Waals surface area contributed by atoms with Crippen LogP contribution in [0.15, 0.2) is 30.3 Å². The number of aromatic hydroxyl groups is 2. The van der Waals surface area contributed by atoms with Gasteiger partial charge in [0.2, 0.25) is 11.7 Å². The van der Waals surface area contributed by atoms with Crippen molar-refractivity contribution < 1.29 is 29.3 Å². The van der Waals surface area contributed by atoms with Crippen LogP contribution in [0.5, 0.6) is 11.5 Å². The molecule has 0 unspecified atom stereocenters. The Kier molecular flexibility index (Phi) is 4.58. The smallest absolute Gasteiger partial charge is 0.238 e. The molecule has 0 saturated carbocycles. The average Bonchev–Trinajstić information content (AvgIpc) is 2.66. The van der Waals surface area contributed by atoms with E-state index < -0.39 is 17.3 Å². The molecule has 2 aromatic rings. The number of morpholine rings is 1. The summed E-state index contributed by atoms with van der Waals surface area (Å²) in [5, 5.41) is 23.0. The molecule has 1 amide bonds. The van der Waals surface area contributed by atoms with Crippen molar-refractivity contribution in [3.05, 3.63) is 52.6 Å². The summed E-state index contributed by atoms with van der Waals surface area (Å²) in [4.78, 5) is 39.7. The van der Waals surface area contributed by atoms with Gasteiger partial charge in [-0.15, -0.1) is 0 Å². The van der Waals surface area contributed by atoms with Gasteiger partial charge in [0.15, 0.2) is 5.78 Å². The lowest BCUT2D eigenvalue weighted by atomic mass is 9.83. The SMILES string of the molecule is O=C(CN1CCOCC1)Nc1cc(O)c2c(c1)C(=O)c1cccc(O)c1C2=O. The number of ether oxygens (including phenoxy) is 1. The monoisotopic (exact) mass is 382 g/mol. The maximum Gasteiger partial charge on any atom is 0.238 e. The summed E-state index contributed by atoms with van der Waals surface area (Å²) in [6, 6.07) is 6.83. The summed E-state index contributed by atoms with van der Waals surface area (Å²) >= 11 is 0. The number of anilines is 1. The van der Waals surface area contributed by atoms with E-state index in [2.05, 4.69) is 5.32 Å². The Hall–Kier alpha value is -3.23. The lowest BCUT2D eigenvalue weighted by molar-refractivity contribution is -0.118. The zero-order valence-corrected chi connectivity index (χ0v) is 14.9. The molecule has 0 atom stereocenters. The summed E-state index contributed by atoms with van der Waals surface area (Å²) in [6.45, 7) is 2.59. The van der Waals surface area contributed by atoms with Crippen LogP contribution >= 0.6 is 0 Å². The topological polar surface area (TPSA) is 116 Å². The highest BCUT2D eigenvalue weighted by Gasteiger charge is 2.34. The van der Waals surface area contributed by atoms with Gasteiger partial charge in [0.1, 0.15) is 11.5 Å². The first-order chi connectivity index (χ1) is 13.5. The quantitative estimate of drug-likeness (QED) is 0.622. The Morgan fingerprint density at radius 2 is 1.71 bits per heavy atom. The average molecular weight is 382 g/mol. The van der Waals surface area contributed by atoms with Gasteiger partial charge in [-0.25, -0.2) is 0 Å². The molecule has 0 aromatic heterocycles. The number of phenols is 2. The Balaban J connectivity index is 1.62. The lowest BCUT2D eigenvalue weighted by Gasteiger charge is -2.26. The van der Waals surface area contributed by atoms with E-state index >= 15 is 0 Å². The molecule has 8 nitrogen and oxygen atoms in total. The highest BCUT2D eigenvalue weighted by Crippen LogP contribution is 2.38. The zero-order chi connectivity index (χ0) is 19.8. The minimum Gasteiger partial charge on any atom is -0.507 e. The van der Waals surface area contributed by atoms with Crippen molar-refractivity contribution >= 4 is 23.2 Å². The van der Waals surface area contributed by atoms with Crippen LogP contribution in [-0.2, 0) is 9.53 Å². The Bertz CT molecular complexity index is 994. The van der Waals surface area contributed by atoms with Gasteiger partial charge in [-0.1, -0.05) is 12.1 Å². The van der Waals surface area contributed by atoms with Gasteiger partial charge in [-0.3, -0.25) is 19.3 Å². The predicted molar refractivity (Wildman–Crippen MR) is 99.0 cm³/mol. The largest absolute Gasteiger partial charge is 0.507 e. The van der Waals surface area contributed by atoms with Gasteiger partial charge in [-0.05, 0) is 12.1 Å². The summed E-state index contributed by atoms with van der Waals surface area (Å²) in [5.41, 5.74) is -0.0256. The molecule has 144 valence electrons. The van der Waals surface area contributed by atoms with Crippen molar-refractivity contribution in [2.24, 2.45) is 0 Å². The van der Waals surface area contributed by atoms with Gasteiger partial charge in [0.25, 0.3) is 0 Å². The van der Waals surface area contributed by atoms with E-state index in [0.717, 1.165) is 0 Å². The molecule has 1 fully saturated rings. The molecule has 4 rings (SSSR count). The molecule has 3 N–H and O–H groups in total. The lowest BCUT2D eigenvalue weighted by Crippen LogP contribution is -2.41. The maximum atomic E-state index is 12.8. The van der Waals surface area contributed by atoms with Gasteiger partial charge in [-0.2, -0.15) is 0 Å². The number of hydrogen-bond donors (Lipinski definition) is 3. The minimum atomic E-state index is -0.633. The van der Waals surface area contributed by atoms with E-state index in [-0.39, 0.29) is 46.1 Å². The van der Waals surface area contributed by atoms with Gasteiger partial charge < -0.3 is 20.3 Å². The van der Waals surface area contributed by atoms with Crippen LogP contribution in [0.2, 0.25) is 0 Å². The number of fused-ring (bicyclic) bond motifs is 2. The third-order valence-electron chi connectivity index (χ3n) is 4.86. The molecular weight excluding hydrogens is 364 g/mol. The van der Waals surface area contributed by atoms with Gasteiger partial charge in [0.05, 0.1) is 30.9 Å². The molecule has 1 heterocycles. The van der Waals surface area contributed by atoms with E-state index in [1.807, 2.05) is 4.90 Å². The number of phenolic OH excluding ortho intramolecular Hbond substituents is 2. The molecule has 2 aromatic carbocycles. The third kappa shape index (κ3) is 3.12. The predicted octanol–water partition coefficient (Wildman–Crippen LogP) is 1.14. The second-order valence-corrected chi connectivity index (χ2v) is 6.71. The number of hydrogen-bond acceptors (Lipinski definition) is 7. The molecule has 1 saturated heterocycles. The van der Waals surface area contributed by atoms with Crippen LogP contribution in [0.1, 0.15) is 31.8 Å². The molecule has 0 bridgehead atoms. The minimum absolute atomic E-state index is 0.00947. The number of benzene rings is 2. The number of rotatable bonds is 3. The highest BCUT2D eigenvalue weighted by atomic mass is 16.5. The fraction of sp³-hybridized carbons (Fsp3) is 0.250. The first-order valence-corrected chi connectivity index (χ1v) is 8.84. The third-order valence-corrected chi connectivity index (χ3v) is 4.86. The fourth-order valence-electron chi connectivity index (χ4n) is 3.52. The number of nitrogens with one attached hydrogen (secondary N) is 1. The second-order valence-electron chi connectivity index (χ2n) is 6.71. The van der Waals surface area contributed by atoms with E-state index in [9.17, 15) is 24.6 Å². The molecule has 0 spiro atoms. The van der Waals surface area contributed by atoms with Crippen molar-refractivity contribution in [3.8, 4) is 11.5 Å². The van der Waals surface area contributed by atoms with E-state index in [4.69, 9.17) is 4.74 Å². The summed E-state index contributed by atoms with van der Waals surface area (Å²) in [7, 11) is 0. The maximum absolute atomic E-state index is 12.8. The van der Waals surface area contributed by atoms with Crippen LogP contribution in [0.4, 0.5) is 5.69 Å². The van der Waals surface area contributed by atoms with Crippen molar-refractivity contribution in [1.29, 1.82) is 0 Å². The summed E-state index contributed by atoms with van der Waals surface area (Å²) in [5.74, 6) is -2.17. The van der Waals surface area contributed by atoms with Crippen LogP contribution in [0, 0.1) is 0 Å². The fourth-order valence-corrected chi connectivity index (χ4v) is 3.52. The molecule has 28 heavy (non-hydrogen) atoms. The van der Waals surface area contributed by atoms with Crippen LogP contribution in [0.25, 0.3) is 0 Å². The number of nitrogens with zero attached hydrogens (tertiary/aromatic N) is 1. The normalized spacial score (nSPS) is 16.4. The number of ketones is 2.